The molecule has 1 N–H and O–H groups in total. The van der Waals surface area contributed by atoms with E-state index in [0.717, 1.165) is 17.2 Å². The summed E-state index contributed by atoms with van der Waals surface area (Å²) in [6.07, 6.45) is 3.39. The van der Waals surface area contributed by atoms with E-state index < -0.39 is 11.7 Å². The normalized spacial score (nSPS) is 13.7. The Morgan fingerprint density at radius 2 is 1.93 bits per heavy atom. The van der Waals surface area contributed by atoms with Gasteiger partial charge in [-0.05, 0) is 47.7 Å². The van der Waals surface area contributed by atoms with Crippen LogP contribution in [0.5, 0.6) is 5.75 Å². The van der Waals surface area contributed by atoms with Crippen molar-refractivity contribution in [1.29, 1.82) is 0 Å². The zero-order valence-corrected chi connectivity index (χ0v) is 14.7. The van der Waals surface area contributed by atoms with Crippen LogP contribution in [0.4, 0.5) is 13.2 Å². The van der Waals surface area contributed by atoms with Gasteiger partial charge in [0.15, 0.2) is 0 Å². The summed E-state index contributed by atoms with van der Waals surface area (Å²) in [6, 6.07) is 11.7. The lowest BCUT2D eigenvalue weighted by atomic mass is 9.97. The molecule has 27 heavy (non-hydrogen) atoms. The van der Waals surface area contributed by atoms with Crippen molar-refractivity contribution in [3.8, 4) is 5.75 Å². The summed E-state index contributed by atoms with van der Waals surface area (Å²) in [6.45, 7) is 4.37. The van der Waals surface area contributed by atoms with Crippen LogP contribution in [0.25, 0.3) is 0 Å². The van der Waals surface area contributed by atoms with Gasteiger partial charge in [-0.2, -0.15) is 13.2 Å². The Morgan fingerprint density at radius 3 is 2.63 bits per heavy atom. The van der Waals surface area contributed by atoms with E-state index in [4.69, 9.17) is 4.74 Å². The van der Waals surface area contributed by atoms with E-state index in [9.17, 15) is 13.2 Å². The van der Waals surface area contributed by atoms with Crippen LogP contribution in [0, 0.1) is 0 Å². The molecule has 0 spiro atoms. The van der Waals surface area contributed by atoms with Crippen molar-refractivity contribution in [2.75, 3.05) is 6.54 Å². The number of benzene rings is 2. The highest BCUT2D eigenvalue weighted by Crippen LogP contribution is 2.36. The van der Waals surface area contributed by atoms with Gasteiger partial charge in [0.25, 0.3) is 0 Å². The maximum Gasteiger partial charge on any atom is 0.416 e. The first kappa shape index (κ1) is 18.8. The fourth-order valence-corrected chi connectivity index (χ4v) is 2.94. The Hall–Kier alpha value is -2.95. The molecule has 5 heteroatoms. The Kier molecular flexibility index (Phi) is 5.69. The van der Waals surface area contributed by atoms with Gasteiger partial charge in [0.2, 0.25) is 0 Å². The van der Waals surface area contributed by atoms with E-state index in [0.29, 0.717) is 18.7 Å². The fraction of sp³-hybridized carbons (Fsp3) is 0.182. The molecule has 0 fully saturated rings. The van der Waals surface area contributed by atoms with Crippen molar-refractivity contribution in [2.24, 2.45) is 0 Å². The zero-order valence-electron chi connectivity index (χ0n) is 14.7. The van der Waals surface area contributed by atoms with Gasteiger partial charge in [-0.3, -0.25) is 0 Å². The maximum atomic E-state index is 13.6. The molecule has 1 heterocycles. The van der Waals surface area contributed by atoms with E-state index >= 15 is 0 Å². The topological polar surface area (TPSA) is 21.3 Å². The molecular weight excluding hydrogens is 351 g/mol. The van der Waals surface area contributed by atoms with Gasteiger partial charge in [0.05, 0.1) is 5.56 Å². The van der Waals surface area contributed by atoms with Crippen LogP contribution in [0.3, 0.4) is 0 Å². The SMILES string of the molecule is C=CCc1cccc(Cc2ccc(OC3=CNCC=C3)cc2C(F)(F)F)c1. The third kappa shape index (κ3) is 5.03. The molecule has 0 unspecified atom stereocenters. The number of halogens is 3. The molecule has 0 saturated carbocycles. The third-order valence-electron chi connectivity index (χ3n) is 4.15. The predicted octanol–water partition coefficient (Wildman–Crippen LogP) is 5.40. The van der Waals surface area contributed by atoms with Crippen LogP contribution in [-0.4, -0.2) is 6.54 Å². The van der Waals surface area contributed by atoms with Gasteiger partial charge in [-0.1, -0.05) is 42.5 Å². The van der Waals surface area contributed by atoms with Gasteiger partial charge in [0.1, 0.15) is 11.5 Å². The van der Waals surface area contributed by atoms with Crippen molar-refractivity contribution in [3.63, 3.8) is 0 Å². The number of hydrogen-bond donors (Lipinski definition) is 1. The van der Waals surface area contributed by atoms with E-state index in [1.54, 1.807) is 24.4 Å². The van der Waals surface area contributed by atoms with Crippen molar-refractivity contribution in [2.45, 2.75) is 19.0 Å². The number of nitrogens with one attached hydrogen (secondary N) is 1. The minimum Gasteiger partial charge on any atom is -0.456 e. The molecule has 3 rings (SSSR count). The number of allylic oxidation sites excluding steroid dienone is 2. The second-order valence-corrected chi connectivity index (χ2v) is 6.27. The summed E-state index contributed by atoms with van der Waals surface area (Å²) in [4.78, 5) is 0. The van der Waals surface area contributed by atoms with E-state index in [-0.39, 0.29) is 17.7 Å². The van der Waals surface area contributed by atoms with Crippen LogP contribution in [0.1, 0.15) is 22.3 Å². The van der Waals surface area contributed by atoms with Gasteiger partial charge in [-0.25, -0.2) is 0 Å². The standard InChI is InChI=1S/C22H20F3NO/c1-2-5-16-6-3-7-17(12-16)13-18-9-10-19(14-21(18)22(23,24)25)27-20-8-4-11-26-15-20/h2-4,6-10,12,14-15,26H,1,5,11,13H2. The molecule has 0 aromatic heterocycles. The molecule has 2 aromatic rings. The zero-order chi connectivity index (χ0) is 19.3. The molecule has 0 amide bonds. The Labute approximate surface area is 156 Å². The molecular formula is C22H20F3NO. The first-order valence-corrected chi connectivity index (χ1v) is 8.62. The molecule has 140 valence electrons. The molecule has 2 nitrogen and oxygen atoms in total. The van der Waals surface area contributed by atoms with Crippen LogP contribution in [-0.2, 0) is 19.0 Å². The van der Waals surface area contributed by atoms with Crippen LogP contribution < -0.4 is 10.1 Å². The molecule has 0 radical (unpaired) electrons. The third-order valence-corrected chi connectivity index (χ3v) is 4.15. The van der Waals surface area contributed by atoms with E-state index in [1.165, 1.54) is 6.07 Å². The monoisotopic (exact) mass is 371 g/mol. The van der Waals surface area contributed by atoms with Crippen molar-refractivity contribution in [3.05, 3.63) is 101 Å². The summed E-state index contributed by atoms with van der Waals surface area (Å²) < 4.78 is 46.3. The largest absolute Gasteiger partial charge is 0.456 e. The predicted molar refractivity (Wildman–Crippen MR) is 100 cm³/mol. The number of alkyl halides is 3. The molecule has 1 aliphatic heterocycles. The van der Waals surface area contributed by atoms with Gasteiger partial charge in [-0.15, -0.1) is 6.58 Å². The molecule has 0 saturated heterocycles. The fourth-order valence-electron chi connectivity index (χ4n) is 2.94. The number of hydrogen-bond acceptors (Lipinski definition) is 2. The lowest BCUT2D eigenvalue weighted by Gasteiger charge is -2.16. The quantitative estimate of drug-likeness (QED) is 0.686. The summed E-state index contributed by atoms with van der Waals surface area (Å²) in [5, 5.41) is 2.96. The second-order valence-electron chi connectivity index (χ2n) is 6.27. The van der Waals surface area contributed by atoms with E-state index in [2.05, 4.69) is 11.9 Å². The second kappa shape index (κ2) is 8.16. The molecule has 2 aromatic carbocycles. The summed E-state index contributed by atoms with van der Waals surface area (Å²) in [5.41, 5.74) is 1.40. The number of rotatable bonds is 6. The molecule has 0 bridgehead atoms. The summed E-state index contributed by atoms with van der Waals surface area (Å²) >= 11 is 0. The van der Waals surface area contributed by atoms with E-state index in [1.807, 2.05) is 30.3 Å². The summed E-state index contributed by atoms with van der Waals surface area (Å²) in [5.74, 6) is 0.630. The molecule has 0 aliphatic carbocycles. The van der Waals surface area contributed by atoms with Crippen LogP contribution >= 0.6 is 0 Å². The Morgan fingerprint density at radius 1 is 1.11 bits per heavy atom. The lowest BCUT2D eigenvalue weighted by molar-refractivity contribution is -0.138. The van der Waals surface area contributed by atoms with Gasteiger partial charge < -0.3 is 10.1 Å². The van der Waals surface area contributed by atoms with Gasteiger partial charge >= 0.3 is 6.18 Å². The number of ether oxygens (including phenoxy) is 1. The highest BCUT2D eigenvalue weighted by Gasteiger charge is 2.33. The van der Waals surface area contributed by atoms with Crippen LogP contribution in [0.15, 0.2) is 79.2 Å². The summed E-state index contributed by atoms with van der Waals surface area (Å²) in [7, 11) is 0. The minimum atomic E-state index is -4.46. The first-order chi connectivity index (χ1) is 13.0. The Bertz CT molecular complexity index is 881. The highest BCUT2D eigenvalue weighted by molar-refractivity contribution is 5.42. The van der Waals surface area contributed by atoms with Crippen LogP contribution in [0.2, 0.25) is 0 Å². The lowest BCUT2D eigenvalue weighted by Crippen LogP contribution is -2.13. The van der Waals surface area contributed by atoms with Crippen molar-refractivity contribution in [1.82, 2.24) is 5.32 Å². The van der Waals surface area contributed by atoms with Crippen molar-refractivity contribution < 1.29 is 17.9 Å². The maximum absolute atomic E-state index is 13.6. The first-order valence-electron chi connectivity index (χ1n) is 8.62. The molecule has 1 aliphatic rings. The highest BCUT2D eigenvalue weighted by atomic mass is 19.4. The van der Waals surface area contributed by atoms with Crippen molar-refractivity contribution >= 4 is 0 Å². The average molecular weight is 371 g/mol. The average Bonchev–Trinajstić information content (AvgIpc) is 2.64. The minimum absolute atomic E-state index is 0.158. The Balaban J connectivity index is 1.88. The molecule has 0 atom stereocenters. The number of dihydropyridines is 1. The van der Waals surface area contributed by atoms with Gasteiger partial charge in [0, 0.05) is 12.7 Å². The smallest absolute Gasteiger partial charge is 0.416 e.